The summed E-state index contributed by atoms with van der Waals surface area (Å²) in [6.07, 6.45) is 0. The molecule has 2 heterocycles. The van der Waals surface area contributed by atoms with Crippen molar-refractivity contribution in [3.63, 3.8) is 0 Å². The predicted molar refractivity (Wildman–Crippen MR) is 124 cm³/mol. The van der Waals surface area contributed by atoms with Crippen LogP contribution in [0.2, 0.25) is 0 Å². The van der Waals surface area contributed by atoms with Crippen LogP contribution < -0.4 is 5.32 Å². The first kappa shape index (κ1) is 20.4. The van der Waals surface area contributed by atoms with Gasteiger partial charge in [-0.1, -0.05) is 72.4 Å². The molecule has 152 valence electrons. The molecule has 4 rings (SSSR count). The first-order valence-corrected chi connectivity index (χ1v) is 11.5. The number of thioether (sulfide) groups is 1. The molecule has 0 radical (unpaired) electrons. The highest BCUT2D eigenvalue weighted by Gasteiger charge is 2.19. The van der Waals surface area contributed by atoms with Crippen LogP contribution >= 0.6 is 23.1 Å². The fourth-order valence-corrected chi connectivity index (χ4v) is 4.84. The fourth-order valence-electron chi connectivity index (χ4n) is 3.24. The van der Waals surface area contributed by atoms with Gasteiger partial charge < -0.3 is 9.88 Å². The maximum absolute atomic E-state index is 12.2. The van der Waals surface area contributed by atoms with E-state index >= 15 is 0 Å². The second kappa shape index (κ2) is 9.28. The SMILES string of the molecule is Cc1scc(-c2nnc(SCC(=O)NCc3ccccc3)n2C)c1-c1ccccc1. The lowest BCUT2D eigenvalue weighted by molar-refractivity contribution is -0.118. The van der Waals surface area contributed by atoms with E-state index in [1.807, 2.05) is 60.1 Å². The number of nitrogens with one attached hydrogen (secondary N) is 1. The zero-order valence-corrected chi connectivity index (χ0v) is 18.5. The van der Waals surface area contributed by atoms with E-state index in [0.717, 1.165) is 22.1 Å². The Hall–Kier alpha value is -2.90. The minimum atomic E-state index is -0.0234. The number of rotatable bonds is 7. The largest absolute Gasteiger partial charge is 0.351 e. The maximum Gasteiger partial charge on any atom is 0.230 e. The molecule has 0 saturated carbocycles. The van der Waals surface area contributed by atoms with E-state index in [2.05, 4.69) is 40.0 Å². The minimum Gasteiger partial charge on any atom is -0.351 e. The van der Waals surface area contributed by atoms with Crippen LogP contribution in [0.4, 0.5) is 0 Å². The molecule has 2 aromatic carbocycles. The van der Waals surface area contributed by atoms with Crippen molar-refractivity contribution in [2.75, 3.05) is 5.75 Å². The van der Waals surface area contributed by atoms with Crippen molar-refractivity contribution in [1.29, 1.82) is 0 Å². The summed E-state index contributed by atoms with van der Waals surface area (Å²) in [6.45, 7) is 2.65. The summed E-state index contributed by atoms with van der Waals surface area (Å²) in [5.41, 5.74) is 4.51. The Kier molecular flexibility index (Phi) is 6.30. The third-order valence-electron chi connectivity index (χ3n) is 4.78. The molecule has 1 amide bonds. The molecule has 5 nitrogen and oxygen atoms in total. The van der Waals surface area contributed by atoms with Crippen molar-refractivity contribution in [2.24, 2.45) is 7.05 Å². The zero-order valence-electron chi connectivity index (χ0n) is 16.8. The number of benzene rings is 2. The molecule has 0 spiro atoms. The van der Waals surface area contributed by atoms with Crippen LogP contribution in [0, 0.1) is 6.92 Å². The Morgan fingerprint density at radius 1 is 1.07 bits per heavy atom. The fraction of sp³-hybridized carbons (Fsp3) is 0.174. The molecule has 0 aliphatic carbocycles. The van der Waals surface area contributed by atoms with Crippen LogP contribution in [0.1, 0.15) is 10.4 Å². The quantitative estimate of drug-likeness (QED) is 0.419. The van der Waals surface area contributed by atoms with E-state index < -0.39 is 0 Å². The number of carbonyl (C=O) groups is 1. The van der Waals surface area contributed by atoms with Crippen LogP contribution in [0.25, 0.3) is 22.5 Å². The van der Waals surface area contributed by atoms with E-state index in [1.165, 1.54) is 27.8 Å². The van der Waals surface area contributed by atoms with Gasteiger partial charge in [0, 0.05) is 35.0 Å². The molecule has 0 aliphatic rings. The second-order valence-corrected chi connectivity index (χ2v) is 8.89. The summed E-state index contributed by atoms with van der Waals surface area (Å²) in [4.78, 5) is 13.5. The van der Waals surface area contributed by atoms with E-state index in [4.69, 9.17) is 0 Å². The molecule has 30 heavy (non-hydrogen) atoms. The third-order valence-corrected chi connectivity index (χ3v) is 6.71. The molecule has 2 aromatic heterocycles. The molecular formula is C23H22N4OS2. The smallest absolute Gasteiger partial charge is 0.230 e. The number of carbonyl (C=O) groups excluding carboxylic acids is 1. The molecule has 0 aliphatic heterocycles. The Bertz CT molecular complexity index is 1140. The zero-order chi connectivity index (χ0) is 20.9. The van der Waals surface area contributed by atoms with Gasteiger partial charge in [0.1, 0.15) is 0 Å². The summed E-state index contributed by atoms with van der Waals surface area (Å²) in [5.74, 6) is 1.09. The highest BCUT2D eigenvalue weighted by molar-refractivity contribution is 7.99. The molecule has 0 bridgehead atoms. The molecule has 0 atom stereocenters. The van der Waals surface area contributed by atoms with E-state index in [-0.39, 0.29) is 5.91 Å². The van der Waals surface area contributed by atoms with Gasteiger partial charge in [-0.15, -0.1) is 21.5 Å². The highest BCUT2D eigenvalue weighted by atomic mass is 32.2. The van der Waals surface area contributed by atoms with Crippen molar-refractivity contribution in [2.45, 2.75) is 18.6 Å². The summed E-state index contributed by atoms with van der Waals surface area (Å²) in [7, 11) is 1.95. The van der Waals surface area contributed by atoms with E-state index in [9.17, 15) is 4.79 Å². The van der Waals surface area contributed by atoms with Crippen molar-refractivity contribution in [3.05, 3.63) is 76.5 Å². The topological polar surface area (TPSA) is 59.8 Å². The Labute approximate surface area is 184 Å². The highest BCUT2D eigenvalue weighted by Crippen LogP contribution is 2.38. The maximum atomic E-state index is 12.2. The van der Waals surface area contributed by atoms with Gasteiger partial charge >= 0.3 is 0 Å². The summed E-state index contributed by atoms with van der Waals surface area (Å²) >= 11 is 3.10. The van der Waals surface area contributed by atoms with Gasteiger partial charge in [0.05, 0.1) is 5.75 Å². The van der Waals surface area contributed by atoms with Gasteiger partial charge in [0.25, 0.3) is 0 Å². The van der Waals surface area contributed by atoms with Crippen LogP contribution in [0.15, 0.2) is 71.2 Å². The van der Waals surface area contributed by atoms with Crippen molar-refractivity contribution < 1.29 is 4.79 Å². The van der Waals surface area contributed by atoms with Crippen LogP contribution in [-0.4, -0.2) is 26.4 Å². The van der Waals surface area contributed by atoms with Gasteiger partial charge in [-0.25, -0.2) is 0 Å². The summed E-state index contributed by atoms with van der Waals surface area (Å²) < 4.78 is 1.96. The van der Waals surface area contributed by atoms with Crippen LogP contribution in [-0.2, 0) is 18.4 Å². The van der Waals surface area contributed by atoms with Crippen LogP contribution in [0.3, 0.4) is 0 Å². The number of hydrogen-bond acceptors (Lipinski definition) is 5. The van der Waals surface area contributed by atoms with Gasteiger partial charge in [-0.05, 0) is 18.1 Å². The Morgan fingerprint density at radius 3 is 2.50 bits per heavy atom. The van der Waals surface area contributed by atoms with E-state index in [1.54, 1.807) is 11.3 Å². The molecule has 1 N–H and O–H groups in total. The van der Waals surface area contributed by atoms with Crippen molar-refractivity contribution in [1.82, 2.24) is 20.1 Å². The molecule has 4 aromatic rings. The number of thiophene rings is 1. The van der Waals surface area contributed by atoms with E-state index in [0.29, 0.717) is 12.3 Å². The first-order valence-electron chi connectivity index (χ1n) is 9.60. The summed E-state index contributed by atoms with van der Waals surface area (Å²) in [6, 6.07) is 20.2. The number of amides is 1. The van der Waals surface area contributed by atoms with Crippen molar-refractivity contribution in [3.8, 4) is 22.5 Å². The monoisotopic (exact) mass is 434 g/mol. The Balaban J connectivity index is 1.46. The third kappa shape index (κ3) is 4.47. The van der Waals surface area contributed by atoms with Gasteiger partial charge in [0.2, 0.25) is 5.91 Å². The average Bonchev–Trinajstić information content (AvgIpc) is 3.34. The number of hydrogen-bond donors (Lipinski definition) is 1. The number of aryl methyl sites for hydroxylation is 1. The van der Waals surface area contributed by atoms with Gasteiger partial charge in [0.15, 0.2) is 11.0 Å². The lowest BCUT2D eigenvalue weighted by Gasteiger charge is -2.07. The first-order chi connectivity index (χ1) is 14.6. The number of aromatic nitrogens is 3. The number of nitrogens with zero attached hydrogens (tertiary/aromatic N) is 3. The van der Waals surface area contributed by atoms with Crippen molar-refractivity contribution >= 4 is 29.0 Å². The molecule has 7 heteroatoms. The minimum absolute atomic E-state index is 0.0234. The predicted octanol–water partition coefficient (Wildman–Crippen LogP) is 4.93. The lowest BCUT2D eigenvalue weighted by atomic mass is 10.0. The Morgan fingerprint density at radius 2 is 1.77 bits per heavy atom. The molecule has 0 saturated heterocycles. The standard InChI is InChI=1S/C23H22N4OS2/c1-16-21(18-11-7-4-8-12-18)19(14-29-16)22-25-26-23(27(22)2)30-15-20(28)24-13-17-9-5-3-6-10-17/h3-12,14H,13,15H2,1-2H3,(H,24,28). The lowest BCUT2D eigenvalue weighted by Crippen LogP contribution is -2.24. The average molecular weight is 435 g/mol. The molecule has 0 fully saturated rings. The normalized spacial score (nSPS) is 10.9. The molecule has 0 unspecified atom stereocenters. The second-order valence-electron chi connectivity index (χ2n) is 6.86. The summed E-state index contributed by atoms with van der Waals surface area (Å²) in [5, 5.41) is 14.5. The van der Waals surface area contributed by atoms with Crippen LogP contribution in [0.5, 0.6) is 0 Å². The van der Waals surface area contributed by atoms with Gasteiger partial charge in [-0.2, -0.15) is 0 Å². The van der Waals surface area contributed by atoms with Gasteiger partial charge in [-0.3, -0.25) is 4.79 Å². The molecular weight excluding hydrogens is 412 g/mol.